The van der Waals surface area contributed by atoms with Gasteiger partial charge in [-0.3, -0.25) is 9.59 Å². The van der Waals surface area contributed by atoms with Crippen molar-refractivity contribution in [2.75, 3.05) is 0 Å². The normalized spacial score (nSPS) is 11.4. The van der Waals surface area contributed by atoms with Gasteiger partial charge in [0.15, 0.2) is 0 Å². The maximum Gasteiger partial charge on any atom is 0.329 e. The molecule has 1 aromatic heterocycles. The van der Waals surface area contributed by atoms with Crippen LogP contribution in [-0.4, -0.2) is 22.9 Å². The molecule has 0 aliphatic carbocycles. The van der Waals surface area contributed by atoms with Crippen molar-refractivity contribution in [2.24, 2.45) is 0 Å². The van der Waals surface area contributed by atoms with Crippen LogP contribution in [0.15, 0.2) is 83.7 Å². The fourth-order valence-electron chi connectivity index (χ4n) is 3.69. The van der Waals surface area contributed by atoms with E-state index in [1.54, 1.807) is 60.7 Å². The molecular weight excluding hydrogens is 466 g/mol. The number of nitrogens with zero attached hydrogens (tertiary/aromatic N) is 1. The summed E-state index contributed by atoms with van der Waals surface area (Å²) < 4.78 is 5.49. The summed E-state index contributed by atoms with van der Waals surface area (Å²) in [5, 5.41) is 13.0. The quantitative estimate of drug-likeness (QED) is 0.382. The number of aromatic nitrogens is 1. The molecule has 174 valence electrons. The van der Waals surface area contributed by atoms with Gasteiger partial charge in [-0.25, -0.2) is 4.79 Å². The highest BCUT2D eigenvalue weighted by molar-refractivity contribution is 6.30. The van der Waals surface area contributed by atoms with Crippen LogP contribution in [0.3, 0.4) is 0 Å². The van der Waals surface area contributed by atoms with Crippen LogP contribution in [0.5, 0.6) is 0 Å². The Balaban J connectivity index is 1.60. The predicted molar refractivity (Wildman–Crippen MR) is 132 cm³/mol. The zero-order valence-corrected chi connectivity index (χ0v) is 19.2. The summed E-state index contributed by atoms with van der Waals surface area (Å²) in [7, 11) is 0. The summed E-state index contributed by atoms with van der Waals surface area (Å²) in [6.45, 7) is -0.0716. The number of carbonyl (C=O) groups excluding carboxylic acids is 2. The third-order valence-electron chi connectivity index (χ3n) is 5.39. The van der Waals surface area contributed by atoms with Crippen LogP contribution >= 0.6 is 11.6 Å². The van der Waals surface area contributed by atoms with Gasteiger partial charge in [0.1, 0.15) is 12.6 Å². The van der Waals surface area contributed by atoms with Crippen molar-refractivity contribution in [2.45, 2.75) is 19.1 Å². The summed E-state index contributed by atoms with van der Waals surface area (Å²) in [4.78, 5) is 41.0. The number of carbonyl (C=O) groups is 2. The number of para-hydroxylation sites is 1. The van der Waals surface area contributed by atoms with Gasteiger partial charge < -0.3 is 15.0 Å². The number of hydrogen-bond donors (Lipinski definition) is 2. The Morgan fingerprint density at radius 1 is 1.03 bits per heavy atom. The molecule has 1 unspecified atom stereocenters. The maximum atomic E-state index is 13.1. The molecule has 0 radical (unpaired) electrons. The zero-order chi connectivity index (χ0) is 24.8. The highest BCUT2D eigenvalue weighted by Gasteiger charge is 2.25. The Morgan fingerprint density at radius 2 is 1.80 bits per heavy atom. The highest BCUT2D eigenvalue weighted by atomic mass is 35.5. The number of hydrogen-bond acceptors (Lipinski definition) is 5. The number of esters is 1. The van der Waals surface area contributed by atoms with Crippen molar-refractivity contribution in [1.29, 1.82) is 5.26 Å². The molecule has 4 aromatic rings. The lowest BCUT2D eigenvalue weighted by Gasteiger charge is -2.19. The van der Waals surface area contributed by atoms with Crippen LogP contribution in [0, 0.1) is 11.3 Å². The number of H-pyrrole nitrogens is 1. The first kappa shape index (κ1) is 23.7. The van der Waals surface area contributed by atoms with Gasteiger partial charge >= 0.3 is 5.97 Å². The minimum absolute atomic E-state index is 0.0425. The topological polar surface area (TPSA) is 112 Å². The first-order valence-electron chi connectivity index (χ1n) is 10.8. The van der Waals surface area contributed by atoms with Gasteiger partial charge in [0.2, 0.25) is 5.56 Å². The van der Waals surface area contributed by atoms with Crippen molar-refractivity contribution in [3.8, 4) is 6.07 Å². The van der Waals surface area contributed by atoms with Gasteiger partial charge in [-0.1, -0.05) is 41.9 Å². The largest absolute Gasteiger partial charge is 0.459 e. The lowest BCUT2D eigenvalue weighted by Crippen LogP contribution is -2.43. The van der Waals surface area contributed by atoms with E-state index in [0.717, 1.165) is 5.39 Å². The van der Waals surface area contributed by atoms with E-state index in [1.807, 2.05) is 18.2 Å². The number of aromatic amines is 1. The lowest BCUT2D eigenvalue weighted by atomic mass is 10.0. The van der Waals surface area contributed by atoms with Gasteiger partial charge in [-0.05, 0) is 53.6 Å². The molecular formula is C27H20ClN3O4. The van der Waals surface area contributed by atoms with Crippen LogP contribution < -0.4 is 10.9 Å². The van der Waals surface area contributed by atoms with Gasteiger partial charge in [0.25, 0.3) is 5.91 Å². The number of nitrogens with one attached hydrogen (secondary N) is 2. The standard InChI is InChI=1S/C27H20ClN3O4/c28-21-10-8-19(9-11-21)26(33)31-24(27(34)35-16-18-5-3-4-17(12-18)15-29)13-20-14-25(32)30-23-7-2-1-6-22(20)23/h1-12,14,24H,13,16H2,(H,30,32)(H,31,33). The first-order valence-corrected chi connectivity index (χ1v) is 11.1. The minimum Gasteiger partial charge on any atom is -0.459 e. The fraction of sp³-hybridized carbons (Fsp3) is 0.111. The predicted octanol–water partition coefficient (Wildman–Crippen LogP) is 4.14. The number of benzene rings is 3. The van der Waals surface area contributed by atoms with Crippen molar-refractivity contribution in [3.05, 3.63) is 116 Å². The Morgan fingerprint density at radius 3 is 2.57 bits per heavy atom. The van der Waals surface area contributed by atoms with Crippen LogP contribution in [0.4, 0.5) is 0 Å². The molecule has 1 atom stereocenters. The molecule has 2 N–H and O–H groups in total. The summed E-state index contributed by atoms with van der Waals surface area (Å²) >= 11 is 5.91. The second-order valence-corrected chi connectivity index (χ2v) is 8.30. The molecule has 1 heterocycles. The molecule has 8 heteroatoms. The zero-order valence-electron chi connectivity index (χ0n) is 18.5. The number of fused-ring (bicyclic) bond motifs is 1. The Bertz CT molecular complexity index is 1490. The Hall–Kier alpha value is -4.41. The van der Waals surface area contributed by atoms with E-state index in [0.29, 0.717) is 32.8 Å². The number of pyridine rings is 1. The SMILES string of the molecule is N#Cc1cccc(COC(=O)C(Cc2cc(=O)[nH]c3ccccc23)NC(=O)c2ccc(Cl)cc2)c1. The smallest absolute Gasteiger partial charge is 0.329 e. The molecule has 35 heavy (non-hydrogen) atoms. The Kier molecular flexibility index (Phi) is 7.24. The number of ether oxygens (including phenoxy) is 1. The van der Waals surface area contributed by atoms with Gasteiger partial charge in [-0.2, -0.15) is 5.26 Å². The van der Waals surface area contributed by atoms with Crippen LogP contribution in [0.25, 0.3) is 10.9 Å². The summed E-state index contributed by atoms with van der Waals surface area (Å²) in [5.41, 5.74) is 2.31. The molecule has 0 saturated carbocycles. The van der Waals surface area contributed by atoms with Gasteiger partial charge in [0.05, 0.1) is 11.6 Å². The van der Waals surface area contributed by atoms with Crippen LogP contribution in [-0.2, 0) is 22.6 Å². The molecule has 1 amide bonds. The number of rotatable bonds is 7. The van der Waals surface area contributed by atoms with Crippen molar-refractivity contribution in [1.82, 2.24) is 10.3 Å². The second kappa shape index (κ2) is 10.7. The summed E-state index contributed by atoms with van der Waals surface area (Å²) in [6.07, 6.45) is 0.0425. The van der Waals surface area contributed by atoms with E-state index < -0.39 is 17.9 Å². The third kappa shape index (κ3) is 5.94. The summed E-state index contributed by atoms with van der Waals surface area (Å²) in [6, 6.07) is 22.6. The van der Waals surface area contributed by atoms with E-state index in [1.165, 1.54) is 6.07 Å². The van der Waals surface area contributed by atoms with Crippen LogP contribution in [0.1, 0.15) is 27.0 Å². The van der Waals surface area contributed by atoms with Gasteiger partial charge in [0, 0.05) is 34.0 Å². The number of nitriles is 1. The molecule has 0 aliphatic rings. The molecule has 0 saturated heterocycles. The molecule has 0 aliphatic heterocycles. The Labute approximate surface area is 205 Å². The van der Waals surface area contributed by atoms with E-state index in [9.17, 15) is 14.4 Å². The van der Waals surface area contributed by atoms with E-state index in [-0.39, 0.29) is 18.6 Å². The molecule has 0 spiro atoms. The average Bonchev–Trinajstić information content (AvgIpc) is 2.87. The van der Waals surface area contributed by atoms with Crippen molar-refractivity contribution < 1.29 is 14.3 Å². The average molecular weight is 486 g/mol. The molecule has 0 bridgehead atoms. The third-order valence-corrected chi connectivity index (χ3v) is 5.65. The minimum atomic E-state index is -1.07. The van der Waals surface area contributed by atoms with Crippen molar-refractivity contribution >= 4 is 34.4 Å². The number of halogens is 1. The van der Waals surface area contributed by atoms with E-state index in [2.05, 4.69) is 10.3 Å². The molecule has 4 rings (SSSR count). The monoisotopic (exact) mass is 485 g/mol. The van der Waals surface area contributed by atoms with Gasteiger partial charge in [-0.15, -0.1) is 0 Å². The maximum absolute atomic E-state index is 13.1. The van der Waals surface area contributed by atoms with E-state index >= 15 is 0 Å². The molecule has 7 nitrogen and oxygen atoms in total. The molecule has 3 aromatic carbocycles. The number of amides is 1. The first-order chi connectivity index (χ1) is 16.9. The fourth-order valence-corrected chi connectivity index (χ4v) is 3.81. The van der Waals surface area contributed by atoms with E-state index in [4.69, 9.17) is 21.6 Å². The summed E-state index contributed by atoms with van der Waals surface area (Å²) in [5.74, 6) is -1.15. The molecule has 0 fully saturated rings. The van der Waals surface area contributed by atoms with Crippen molar-refractivity contribution in [3.63, 3.8) is 0 Å². The lowest BCUT2D eigenvalue weighted by molar-refractivity contribution is -0.147. The highest BCUT2D eigenvalue weighted by Crippen LogP contribution is 2.18. The van der Waals surface area contributed by atoms with Crippen LogP contribution in [0.2, 0.25) is 5.02 Å². The second-order valence-electron chi connectivity index (χ2n) is 7.86.